The van der Waals surface area contributed by atoms with Crippen LogP contribution in [0.5, 0.6) is 0 Å². The molecule has 0 spiro atoms. The lowest BCUT2D eigenvalue weighted by Gasteiger charge is -2.22. The van der Waals surface area contributed by atoms with Crippen LogP contribution in [0.1, 0.15) is 32.7 Å². The summed E-state index contributed by atoms with van der Waals surface area (Å²) in [5, 5.41) is 3.55. The van der Waals surface area contributed by atoms with Gasteiger partial charge in [0.25, 0.3) is 0 Å². The van der Waals surface area contributed by atoms with Crippen LogP contribution in [0.3, 0.4) is 0 Å². The van der Waals surface area contributed by atoms with Crippen molar-refractivity contribution in [3.8, 4) is 0 Å². The molecule has 84 valence electrons. The quantitative estimate of drug-likeness (QED) is 0.818. The highest BCUT2D eigenvalue weighted by molar-refractivity contribution is 7.12. The van der Waals surface area contributed by atoms with Gasteiger partial charge in [0.15, 0.2) is 0 Å². The van der Waals surface area contributed by atoms with Crippen molar-refractivity contribution in [2.45, 2.75) is 26.3 Å². The van der Waals surface area contributed by atoms with Gasteiger partial charge in [0.1, 0.15) is 11.8 Å². The predicted molar refractivity (Wildman–Crippen MR) is 66.1 cm³/mol. The fourth-order valence-electron chi connectivity index (χ4n) is 2.41. The Labute approximate surface area is 99.3 Å². The molecule has 1 atom stereocenters. The van der Waals surface area contributed by atoms with Gasteiger partial charge in [0.05, 0.1) is 6.26 Å². The van der Waals surface area contributed by atoms with Crippen molar-refractivity contribution in [3.05, 3.63) is 45.0 Å². The molecule has 0 saturated carbocycles. The van der Waals surface area contributed by atoms with Crippen LogP contribution in [0.2, 0.25) is 0 Å². The van der Waals surface area contributed by atoms with E-state index in [0.717, 1.165) is 18.7 Å². The van der Waals surface area contributed by atoms with E-state index in [0.29, 0.717) is 0 Å². The molecule has 0 fully saturated rings. The Bertz CT molecular complexity index is 512. The average Bonchev–Trinajstić information content (AvgIpc) is 2.84. The molecule has 0 bridgehead atoms. The van der Waals surface area contributed by atoms with Crippen LogP contribution in [0.4, 0.5) is 0 Å². The fourth-order valence-corrected chi connectivity index (χ4v) is 3.52. The Hall–Kier alpha value is -1.06. The van der Waals surface area contributed by atoms with E-state index in [-0.39, 0.29) is 6.04 Å². The van der Waals surface area contributed by atoms with Crippen LogP contribution in [-0.4, -0.2) is 6.54 Å². The minimum atomic E-state index is 0.262. The lowest BCUT2D eigenvalue weighted by Crippen LogP contribution is -2.29. The third-order valence-corrected chi connectivity index (χ3v) is 4.34. The third kappa shape index (κ3) is 1.51. The number of hydrogen-bond acceptors (Lipinski definition) is 3. The maximum atomic E-state index is 5.63. The summed E-state index contributed by atoms with van der Waals surface area (Å²) in [5.41, 5.74) is 2.72. The zero-order valence-electron chi connectivity index (χ0n) is 9.54. The standard InChI is InChI=1S/C13H15NOS/c1-8-7-9(2)16-13(8)11-12-10(3-5-14-11)4-6-15-12/h4,6-7,11,14H,3,5H2,1-2H3. The molecule has 0 aliphatic carbocycles. The van der Waals surface area contributed by atoms with E-state index in [1.807, 2.05) is 11.3 Å². The summed E-state index contributed by atoms with van der Waals surface area (Å²) in [7, 11) is 0. The van der Waals surface area contributed by atoms with Crippen molar-refractivity contribution < 1.29 is 4.42 Å². The zero-order chi connectivity index (χ0) is 11.1. The van der Waals surface area contributed by atoms with Gasteiger partial charge in [-0.2, -0.15) is 0 Å². The van der Waals surface area contributed by atoms with E-state index in [2.05, 4.69) is 31.3 Å². The van der Waals surface area contributed by atoms with Gasteiger partial charge in [0, 0.05) is 16.3 Å². The van der Waals surface area contributed by atoms with E-state index < -0.39 is 0 Å². The Morgan fingerprint density at radius 3 is 3.06 bits per heavy atom. The number of thiophene rings is 1. The largest absolute Gasteiger partial charge is 0.467 e. The normalized spacial score (nSPS) is 19.8. The monoisotopic (exact) mass is 233 g/mol. The van der Waals surface area contributed by atoms with E-state index >= 15 is 0 Å². The van der Waals surface area contributed by atoms with Gasteiger partial charge in [-0.05, 0) is 43.5 Å². The van der Waals surface area contributed by atoms with Crippen LogP contribution in [0.25, 0.3) is 0 Å². The molecular formula is C13H15NOS. The average molecular weight is 233 g/mol. The second-order valence-corrected chi connectivity index (χ2v) is 5.64. The van der Waals surface area contributed by atoms with Gasteiger partial charge in [-0.25, -0.2) is 0 Å². The first-order valence-electron chi connectivity index (χ1n) is 5.62. The summed E-state index contributed by atoms with van der Waals surface area (Å²) in [6, 6.07) is 4.61. The van der Waals surface area contributed by atoms with Gasteiger partial charge in [-0.1, -0.05) is 0 Å². The summed E-state index contributed by atoms with van der Waals surface area (Å²) in [4.78, 5) is 2.77. The number of nitrogens with one attached hydrogen (secondary N) is 1. The molecule has 1 N–H and O–H groups in total. The minimum Gasteiger partial charge on any atom is -0.467 e. The molecule has 3 heteroatoms. The van der Waals surface area contributed by atoms with Crippen molar-refractivity contribution in [3.63, 3.8) is 0 Å². The zero-order valence-corrected chi connectivity index (χ0v) is 10.4. The molecule has 2 aromatic rings. The molecule has 1 unspecified atom stereocenters. The van der Waals surface area contributed by atoms with E-state index in [9.17, 15) is 0 Å². The Balaban J connectivity index is 2.07. The summed E-state index contributed by atoms with van der Waals surface area (Å²) in [6.07, 6.45) is 2.88. The van der Waals surface area contributed by atoms with Crippen LogP contribution in [-0.2, 0) is 6.42 Å². The van der Waals surface area contributed by atoms with Gasteiger partial charge in [-0.3, -0.25) is 0 Å². The van der Waals surface area contributed by atoms with Gasteiger partial charge < -0.3 is 9.73 Å². The van der Waals surface area contributed by atoms with E-state index in [1.54, 1.807) is 6.26 Å². The van der Waals surface area contributed by atoms with Crippen molar-refractivity contribution in [2.75, 3.05) is 6.54 Å². The Morgan fingerprint density at radius 1 is 1.44 bits per heavy atom. The van der Waals surface area contributed by atoms with Gasteiger partial charge in [-0.15, -0.1) is 11.3 Å². The van der Waals surface area contributed by atoms with Crippen molar-refractivity contribution in [1.82, 2.24) is 5.32 Å². The molecule has 1 aliphatic heterocycles. The number of furan rings is 1. The van der Waals surface area contributed by atoms with Crippen LogP contribution < -0.4 is 5.32 Å². The molecule has 2 aromatic heterocycles. The maximum Gasteiger partial charge on any atom is 0.129 e. The van der Waals surface area contributed by atoms with Crippen molar-refractivity contribution in [1.29, 1.82) is 0 Å². The third-order valence-electron chi connectivity index (χ3n) is 3.13. The number of aryl methyl sites for hydroxylation is 2. The summed E-state index contributed by atoms with van der Waals surface area (Å²) >= 11 is 1.87. The van der Waals surface area contributed by atoms with Gasteiger partial charge >= 0.3 is 0 Å². The SMILES string of the molecule is Cc1cc(C)c(C2NCCc3ccoc32)s1. The summed E-state index contributed by atoms with van der Waals surface area (Å²) < 4.78 is 5.63. The maximum absolute atomic E-state index is 5.63. The highest BCUT2D eigenvalue weighted by Crippen LogP contribution is 2.35. The number of hydrogen-bond donors (Lipinski definition) is 1. The topological polar surface area (TPSA) is 25.2 Å². The molecule has 0 aromatic carbocycles. The second kappa shape index (κ2) is 3.75. The van der Waals surface area contributed by atoms with Crippen molar-refractivity contribution in [2.24, 2.45) is 0 Å². The lowest BCUT2D eigenvalue weighted by atomic mass is 10.0. The van der Waals surface area contributed by atoms with Crippen LogP contribution in [0.15, 0.2) is 22.8 Å². The summed E-state index contributed by atoms with van der Waals surface area (Å²) in [6.45, 7) is 5.37. The molecule has 16 heavy (non-hydrogen) atoms. The second-order valence-electron chi connectivity index (χ2n) is 4.35. The number of fused-ring (bicyclic) bond motifs is 1. The minimum absolute atomic E-state index is 0.262. The highest BCUT2D eigenvalue weighted by atomic mass is 32.1. The highest BCUT2D eigenvalue weighted by Gasteiger charge is 2.26. The molecule has 2 nitrogen and oxygen atoms in total. The summed E-state index contributed by atoms with van der Waals surface area (Å²) in [5.74, 6) is 1.11. The number of rotatable bonds is 1. The first kappa shape index (κ1) is 10.1. The van der Waals surface area contributed by atoms with Crippen molar-refractivity contribution >= 4 is 11.3 Å². The molecule has 3 rings (SSSR count). The predicted octanol–water partition coefficient (Wildman–Crippen LogP) is 3.19. The van der Waals surface area contributed by atoms with Crippen LogP contribution >= 0.6 is 11.3 Å². The fraction of sp³-hybridized carbons (Fsp3) is 0.385. The lowest BCUT2D eigenvalue weighted by molar-refractivity contribution is 0.427. The molecular weight excluding hydrogens is 218 g/mol. The van der Waals surface area contributed by atoms with Crippen LogP contribution in [0, 0.1) is 13.8 Å². The Morgan fingerprint density at radius 2 is 2.31 bits per heavy atom. The smallest absolute Gasteiger partial charge is 0.129 e. The molecule has 0 radical (unpaired) electrons. The molecule has 1 aliphatic rings. The first-order chi connectivity index (χ1) is 7.75. The molecule has 0 amide bonds. The van der Waals surface area contributed by atoms with E-state index in [1.165, 1.54) is 20.9 Å². The van der Waals surface area contributed by atoms with E-state index in [4.69, 9.17) is 4.42 Å². The van der Waals surface area contributed by atoms with Gasteiger partial charge in [0.2, 0.25) is 0 Å². The Kier molecular flexibility index (Phi) is 2.37. The molecule has 3 heterocycles. The first-order valence-corrected chi connectivity index (χ1v) is 6.44. The molecule has 0 saturated heterocycles.